The molecule has 0 saturated heterocycles. The predicted molar refractivity (Wildman–Crippen MR) is 152 cm³/mol. The fourth-order valence-electron chi connectivity index (χ4n) is 3.69. The van der Waals surface area contributed by atoms with Crippen LogP contribution in [0.3, 0.4) is 0 Å². The van der Waals surface area contributed by atoms with E-state index >= 15 is 0 Å². The highest BCUT2D eigenvalue weighted by Gasteiger charge is 2.07. The van der Waals surface area contributed by atoms with E-state index in [1.807, 2.05) is 0 Å². The number of anilines is 6. The van der Waals surface area contributed by atoms with Crippen molar-refractivity contribution in [1.82, 2.24) is 29.9 Å². The van der Waals surface area contributed by atoms with E-state index in [-0.39, 0.29) is 25.1 Å². The maximum absolute atomic E-state index is 8.91. The van der Waals surface area contributed by atoms with Crippen molar-refractivity contribution >= 4 is 35.7 Å². The molecule has 0 spiro atoms. The second kappa shape index (κ2) is 19.8. The topological polar surface area (TPSA) is 218 Å². The highest BCUT2D eigenvalue weighted by Crippen LogP contribution is 2.12. The second-order valence-electron chi connectivity index (χ2n) is 9.08. The van der Waals surface area contributed by atoms with Gasteiger partial charge in [-0.15, -0.1) is 0 Å². The van der Waals surface area contributed by atoms with Crippen molar-refractivity contribution in [3.05, 3.63) is 0 Å². The van der Waals surface area contributed by atoms with Gasteiger partial charge in [-0.1, -0.05) is 38.5 Å². The maximum Gasteiger partial charge on any atom is 0.229 e. The summed E-state index contributed by atoms with van der Waals surface area (Å²) in [6.45, 7) is 3.52. The van der Waals surface area contributed by atoms with Gasteiger partial charge in [-0.25, -0.2) is 0 Å². The molecule has 2 aromatic heterocycles. The Morgan fingerprint density at radius 1 is 0.395 bits per heavy atom. The molecule has 38 heavy (non-hydrogen) atoms. The monoisotopic (exact) mass is 534 g/mol. The van der Waals surface area contributed by atoms with Crippen LogP contribution in [0, 0.1) is 0 Å². The average Bonchev–Trinajstić information content (AvgIpc) is 2.89. The summed E-state index contributed by atoms with van der Waals surface area (Å²) in [5.41, 5.74) is 11.2. The number of rotatable bonds is 23. The molecular formula is C24H46N12O2. The van der Waals surface area contributed by atoms with Gasteiger partial charge in [0.25, 0.3) is 0 Å². The van der Waals surface area contributed by atoms with E-state index in [9.17, 15) is 0 Å². The van der Waals surface area contributed by atoms with Crippen LogP contribution in [0.25, 0.3) is 0 Å². The smallest absolute Gasteiger partial charge is 0.229 e. The van der Waals surface area contributed by atoms with E-state index in [4.69, 9.17) is 21.7 Å². The van der Waals surface area contributed by atoms with Crippen LogP contribution in [0.2, 0.25) is 0 Å². The maximum atomic E-state index is 8.91. The van der Waals surface area contributed by atoms with Gasteiger partial charge < -0.3 is 42.9 Å². The molecular weight excluding hydrogens is 488 g/mol. The van der Waals surface area contributed by atoms with E-state index in [2.05, 4.69) is 51.2 Å². The Morgan fingerprint density at radius 2 is 0.684 bits per heavy atom. The summed E-state index contributed by atoms with van der Waals surface area (Å²) in [6, 6.07) is 0. The SMILES string of the molecule is Nc1nc(N)nc(NCCCCCCNc2nc(NCCCCCCO)nc(NCCCCCCO)n2)n1. The molecule has 214 valence electrons. The molecule has 0 aromatic carbocycles. The third kappa shape index (κ3) is 14.5. The number of hydrogen-bond acceptors (Lipinski definition) is 14. The Kier molecular flexibility index (Phi) is 16.1. The van der Waals surface area contributed by atoms with E-state index in [1.54, 1.807) is 0 Å². The molecule has 0 atom stereocenters. The number of nitrogens with two attached hydrogens (primary N) is 2. The van der Waals surface area contributed by atoms with Gasteiger partial charge in [-0.05, 0) is 38.5 Å². The third-order valence-electron chi connectivity index (χ3n) is 5.71. The minimum absolute atomic E-state index is 0.109. The summed E-state index contributed by atoms with van der Waals surface area (Å²) >= 11 is 0. The van der Waals surface area contributed by atoms with Crippen LogP contribution in [0.4, 0.5) is 35.7 Å². The van der Waals surface area contributed by atoms with Crippen LogP contribution in [0.5, 0.6) is 0 Å². The van der Waals surface area contributed by atoms with Gasteiger partial charge in [-0.3, -0.25) is 0 Å². The summed E-state index contributed by atoms with van der Waals surface area (Å²) in [6.07, 6.45) is 11.9. The second-order valence-corrected chi connectivity index (χ2v) is 9.08. The molecule has 0 unspecified atom stereocenters. The fraction of sp³-hybridized carbons (Fsp3) is 0.750. The van der Waals surface area contributed by atoms with Gasteiger partial charge >= 0.3 is 0 Å². The lowest BCUT2D eigenvalue weighted by atomic mass is 10.2. The van der Waals surface area contributed by atoms with Gasteiger partial charge in [0.15, 0.2) is 0 Å². The molecule has 0 aliphatic rings. The highest BCUT2D eigenvalue weighted by atomic mass is 16.3. The van der Waals surface area contributed by atoms with E-state index in [0.29, 0.717) is 23.8 Å². The zero-order valence-electron chi connectivity index (χ0n) is 22.5. The molecule has 10 N–H and O–H groups in total. The lowest BCUT2D eigenvalue weighted by Gasteiger charge is -2.11. The molecule has 0 aliphatic heterocycles. The highest BCUT2D eigenvalue weighted by molar-refractivity contribution is 5.42. The van der Waals surface area contributed by atoms with Crippen molar-refractivity contribution in [2.24, 2.45) is 0 Å². The quantitative estimate of drug-likeness (QED) is 0.0959. The largest absolute Gasteiger partial charge is 0.396 e. The standard InChI is InChI=1S/C24H46N12O2/c25-19-31-20(26)33-21(32-19)27-13-7-1-2-8-14-28-22-34-23(29-15-9-3-5-11-17-37)36-24(35-22)30-16-10-4-6-12-18-38/h37-38H,1-18H2,(H5,25,26,27,31,32,33)(H3,28,29,30,34,35,36). The summed E-state index contributed by atoms with van der Waals surface area (Å²) in [7, 11) is 0. The molecule has 2 rings (SSSR count). The van der Waals surface area contributed by atoms with Crippen LogP contribution in [0.1, 0.15) is 77.0 Å². The molecule has 0 bridgehead atoms. The summed E-state index contributed by atoms with van der Waals surface area (Å²) in [4.78, 5) is 25.3. The van der Waals surface area contributed by atoms with Gasteiger partial charge in [0.05, 0.1) is 0 Å². The lowest BCUT2D eigenvalue weighted by Crippen LogP contribution is -2.14. The van der Waals surface area contributed by atoms with Crippen LogP contribution >= 0.6 is 0 Å². The first-order valence-electron chi connectivity index (χ1n) is 13.8. The van der Waals surface area contributed by atoms with Crippen LogP contribution in [0.15, 0.2) is 0 Å². The molecule has 14 nitrogen and oxygen atoms in total. The van der Waals surface area contributed by atoms with Crippen molar-refractivity contribution < 1.29 is 10.2 Å². The first kappa shape index (κ1) is 31.0. The van der Waals surface area contributed by atoms with Crippen LogP contribution in [-0.4, -0.2) is 79.5 Å². The van der Waals surface area contributed by atoms with E-state index < -0.39 is 0 Å². The van der Waals surface area contributed by atoms with Crippen molar-refractivity contribution in [2.45, 2.75) is 77.0 Å². The summed E-state index contributed by atoms with van der Waals surface area (Å²) < 4.78 is 0. The van der Waals surface area contributed by atoms with Gasteiger partial charge in [0, 0.05) is 39.4 Å². The lowest BCUT2D eigenvalue weighted by molar-refractivity contribution is 0.282. The number of hydrogen-bond donors (Lipinski definition) is 8. The summed E-state index contributed by atoms with van der Waals surface area (Å²) in [5, 5.41) is 30.9. The Labute approximate surface area is 225 Å². The molecule has 0 amide bonds. The Balaban J connectivity index is 1.71. The average molecular weight is 535 g/mol. The molecule has 14 heteroatoms. The molecule has 0 fully saturated rings. The third-order valence-corrected chi connectivity index (χ3v) is 5.71. The number of nitrogens with zero attached hydrogens (tertiary/aromatic N) is 6. The molecule has 0 aliphatic carbocycles. The number of unbranched alkanes of at least 4 members (excludes halogenated alkanes) is 9. The molecule has 0 radical (unpaired) electrons. The molecule has 2 heterocycles. The Morgan fingerprint density at radius 3 is 1.00 bits per heavy atom. The van der Waals surface area contributed by atoms with Crippen molar-refractivity contribution in [1.29, 1.82) is 0 Å². The number of aliphatic hydroxyl groups is 2. The number of nitrogen functional groups attached to an aromatic ring is 2. The van der Waals surface area contributed by atoms with Crippen molar-refractivity contribution in [3.8, 4) is 0 Å². The van der Waals surface area contributed by atoms with Crippen molar-refractivity contribution in [3.63, 3.8) is 0 Å². The zero-order chi connectivity index (χ0) is 27.3. The fourth-order valence-corrected chi connectivity index (χ4v) is 3.69. The van der Waals surface area contributed by atoms with Crippen LogP contribution in [-0.2, 0) is 0 Å². The minimum atomic E-state index is 0.109. The van der Waals surface area contributed by atoms with Gasteiger partial charge in [0.2, 0.25) is 35.7 Å². The predicted octanol–water partition coefficient (Wildman–Crippen LogP) is 2.23. The Hall–Kier alpha value is -3.26. The number of aliphatic hydroxyl groups excluding tert-OH is 2. The molecule has 0 saturated carbocycles. The van der Waals surface area contributed by atoms with Crippen LogP contribution < -0.4 is 32.7 Å². The van der Waals surface area contributed by atoms with Crippen molar-refractivity contribution in [2.75, 3.05) is 72.1 Å². The van der Waals surface area contributed by atoms with Gasteiger partial charge in [0.1, 0.15) is 0 Å². The Bertz CT molecular complexity index is 835. The minimum Gasteiger partial charge on any atom is -0.396 e. The van der Waals surface area contributed by atoms with E-state index in [1.165, 1.54) is 0 Å². The normalized spacial score (nSPS) is 10.9. The van der Waals surface area contributed by atoms with Gasteiger partial charge in [-0.2, -0.15) is 29.9 Å². The summed E-state index contributed by atoms with van der Waals surface area (Å²) in [5.74, 6) is 2.28. The first-order valence-corrected chi connectivity index (χ1v) is 13.8. The zero-order valence-corrected chi connectivity index (χ0v) is 22.5. The first-order chi connectivity index (χ1) is 18.6. The molecule has 2 aromatic rings. The number of aromatic nitrogens is 6. The number of nitrogens with one attached hydrogen (secondary N) is 4. The van der Waals surface area contributed by atoms with E-state index in [0.717, 1.165) is 103 Å².